The molecule has 0 radical (unpaired) electrons. The maximum Gasteiger partial charge on any atom is 0.293 e. The van der Waals surface area contributed by atoms with Crippen molar-refractivity contribution < 1.29 is 4.79 Å². The number of hydrogen-bond donors (Lipinski definition) is 0. The van der Waals surface area contributed by atoms with Crippen LogP contribution in [0.5, 0.6) is 0 Å². The molecule has 0 unspecified atom stereocenters. The fourth-order valence-electron chi connectivity index (χ4n) is 3.00. The normalized spacial score (nSPS) is 11.0. The van der Waals surface area contributed by atoms with Crippen LogP contribution in [0, 0.1) is 6.92 Å². The minimum Gasteiger partial charge on any atom is -0.335 e. The van der Waals surface area contributed by atoms with Crippen molar-refractivity contribution >= 4 is 21.8 Å². The quantitative estimate of drug-likeness (QED) is 0.592. The smallest absolute Gasteiger partial charge is 0.293 e. The third kappa shape index (κ3) is 4.11. The van der Waals surface area contributed by atoms with Crippen LogP contribution in [-0.4, -0.2) is 32.6 Å². The minimum atomic E-state index is -0.199. The first-order valence-electron chi connectivity index (χ1n) is 8.90. The van der Waals surface area contributed by atoms with Crippen molar-refractivity contribution in [2.24, 2.45) is 0 Å². The average molecular weight is 427 g/mol. The summed E-state index contributed by atoms with van der Waals surface area (Å²) in [7, 11) is 1.76. The number of benzene rings is 2. The van der Waals surface area contributed by atoms with Gasteiger partial charge in [0.15, 0.2) is 0 Å². The SMILES string of the molecule is Cc1nc(C(=O)N(C)Cc2ccccc2Br)nn1-c1ccccc1C(C)C. The predicted octanol–water partition coefficient (Wildman–Crippen LogP) is 4.73. The van der Waals surface area contributed by atoms with Crippen LogP contribution in [0.2, 0.25) is 0 Å². The largest absolute Gasteiger partial charge is 0.335 e. The summed E-state index contributed by atoms with van der Waals surface area (Å²) in [6, 6.07) is 16.0. The molecule has 3 rings (SSSR count). The molecule has 140 valence electrons. The van der Waals surface area contributed by atoms with Gasteiger partial charge in [-0.3, -0.25) is 4.79 Å². The van der Waals surface area contributed by atoms with E-state index in [1.54, 1.807) is 16.6 Å². The molecule has 6 heteroatoms. The van der Waals surface area contributed by atoms with E-state index in [1.165, 1.54) is 5.56 Å². The van der Waals surface area contributed by atoms with Gasteiger partial charge in [-0.15, -0.1) is 5.10 Å². The minimum absolute atomic E-state index is 0.199. The van der Waals surface area contributed by atoms with E-state index in [9.17, 15) is 4.79 Å². The Morgan fingerprint density at radius 3 is 2.52 bits per heavy atom. The van der Waals surface area contributed by atoms with Crippen molar-refractivity contribution in [2.75, 3.05) is 7.05 Å². The summed E-state index contributed by atoms with van der Waals surface area (Å²) in [5, 5.41) is 4.51. The van der Waals surface area contributed by atoms with Gasteiger partial charge in [0.2, 0.25) is 5.82 Å². The van der Waals surface area contributed by atoms with Crippen molar-refractivity contribution in [1.29, 1.82) is 0 Å². The zero-order chi connectivity index (χ0) is 19.6. The van der Waals surface area contributed by atoms with Gasteiger partial charge in [-0.25, -0.2) is 9.67 Å². The number of amides is 1. The van der Waals surface area contributed by atoms with E-state index in [-0.39, 0.29) is 11.7 Å². The Balaban J connectivity index is 1.88. The maximum atomic E-state index is 12.8. The lowest BCUT2D eigenvalue weighted by atomic mass is 10.0. The van der Waals surface area contributed by atoms with Crippen LogP contribution in [0.25, 0.3) is 5.69 Å². The molecule has 1 aromatic heterocycles. The summed E-state index contributed by atoms with van der Waals surface area (Å²) in [5.41, 5.74) is 3.17. The van der Waals surface area contributed by atoms with Gasteiger partial charge in [0.25, 0.3) is 5.91 Å². The number of hydrogen-bond acceptors (Lipinski definition) is 3. The summed E-state index contributed by atoms with van der Waals surface area (Å²) in [5.74, 6) is 1.05. The molecule has 0 fully saturated rings. The second-order valence-electron chi connectivity index (χ2n) is 6.86. The topological polar surface area (TPSA) is 51.0 Å². The Morgan fingerprint density at radius 1 is 1.15 bits per heavy atom. The number of halogens is 1. The zero-order valence-corrected chi connectivity index (χ0v) is 17.6. The molecular weight excluding hydrogens is 404 g/mol. The third-order valence-corrected chi connectivity index (χ3v) is 5.23. The molecule has 1 amide bonds. The van der Waals surface area contributed by atoms with Gasteiger partial charge in [0.1, 0.15) is 5.82 Å². The van der Waals surface area contributed by atoms with E-state index in [0.29, 0.717) is 18.3 Å². The van der Waals surface area contributed by atoms with Crippen LogP contribution in [0.4, 0.5) is 0 Å². The maximum absolute atomic E-state index is 12.8. The van der Waals surface area contributed by atoms with Gasteiger partial charge in [0.05, 0.1) is 5.69 Å². The first-order valence-corrected chi connectivity index (χ1v) is 9.69. The Labute approximate surface area is 168 Å². The number of nitrogens with zero attached hydrogens (tertiary/aromatic N) is 4. The van der Waals surface area contributed by atoms with Crippen LogP contribution in [-0.2, 0) is 6.54 Å². The third-order valence-electron chi connectivity index (χ3n) is 4.46. The molecule has 2 aromatic carbocycles. The highest BCUT2D eigenvalue weighted by Crippen LogP contribution is 2.23. The predicted molar refractivity (Wildman–Crippen MR) is 110 cm³/mol. The number of carbonyl (C=O) groups is 1. The summed E-state index contributed by atoms with van der Waals surface area (Å²) >= 11 is 3.52. The van der Waals surface area contributed by atoms with Crippen LogP contribution in [0.15, 0.2) is 53.0 Å². The lowest BCUT2D eigenvalue weighted by molar-refractivity contribution is 0.0772. The number of para-hydroxylation sites is 1. The standard InChI is InChI=1S/C21H23BrN4O/c1-14(2)17-10-6-8-12-19(17)26-15(3)23-20(24-26)21(27)25(4)13-16-9-5-7-11-18(16)22/h5-12,14H,13H2,1-4H3. The highest BCUT2D eigenvalue weighted by Gasteiger charge is 2.21. The second kappa shape index (κ2) is 8.05. The molecule has 0 aliphatic heterocycles. The van der Waals surface area contributed by atoms with E-state index in [0.717, 1.165) is 15.7 Å². The highest BCUT2D eigenvalue weighted by atomic mass is 79.9. The lowest BCUT2D eigenvalue weighted by Crippen LogP contribution is -2.27. The molecule has 1 heterocycles. The Morgan fingerprint density at radius 2 is 1.81 bits per heavy atom. The Bertz CT molecular complexity index is 964. The zero-order valence-electron chi connectivity index (χ0n) is 16.0. The average Bonchev–Trinajstić information content (AvgIpc) is 3.04. The first-order chi connectivity index (χ1) is 12.9. The number of carbonyl (C=O) groups excluding carboxylic acids is 1. The Hall–Kier alpha value is -2.47. The van der Waals surface area contributed by atoms with Crippen molar-refractivity contribution in [3.8, 4) is 5.69 Å². The second-order valence-corrected chi connectivity index (χ2v) is 7.71. The van der Waals surface area contributed by atoms with Crippen molar-refractivity contribution in [2.45, 2.75) is 33.2 Å². The van der Waals surface area contributed by atoms with Gasteiger partial charge in [0, 0.05) is 18.1 Å². The molecule has 0 aliphatic rings. The van der Waals surface area contributed by atoms with E-state index in [2.05, 4.69) is 45.9 Å². The number of aromatic nitrogens is 3. The van der Waals surface area contributed by atoms with Gasteiger partial charge < -0.3 is 4.90 Å². The monoisotopic (exact) mass is 426 g/mol. The molecule has 0 atom stereocenters. The summed E-state index contributed by atoms with van der Waals surface area (Å²) in [4.78, 5) is 18.9. The first kappa shape index (κ1) is 19.3. The molecule has 27 heavy (non-hydrogen) atoms. The van der Waals surface area contributed by atoms with Crippen LogP contribution in [0.1, 0.15) is 47.3 Å². The number of aryl methyl sites for hydroxylation is 1. The molecule has 5 nitrogen and oxygen atoms in total. The van der Waals surface area contributed by atoms with E-state index >= 15 is 0 Å². The highest BCUT2D eigenvalue weighted by molar-refractivity contribution is 9.10. The van der Waals surface area contributed by atoms with Crippen LogP contribution < -0.4 is 0 Å². The van der Waals surface area contributed by atoms with Crippen LogP contribution in [0.3, 0.4) is 0 Å². The lowest BCUT2D eigenvalue weighted by Gasteiger charge is -2.16. The van der Waals surface area contributed by atoms with Gasteiger partial charge >= 0.3 is 0 Å². The fraction of sp³-hybridized carbons (Fsp3) is 0.286. The van der Waals surface area contributed by atoms with Crippen LogP contribution >= 0.6 is 15.9 Å². The summed E-state index contributed by atoms with van der Waals surface area (Å²) in [6.07, 6.45) is 0. The summed E-state index contributed by atoms with van der Waals surface area (Å²) in [6.45, 7) is 6.64. The molecule has 0 spiro atoms. The molecule has 3 aromatic rings. The van der Waals surface area contributed by atoms with Gasteiger partial charge in [-0.2, -0.15) is 0 Å². The molecular formula is C21H23BrN4O. The van der Waals surface area contributed by atoms with Gasteiger partial charge in [-0.05, 0) is 36.1 Å². The molecule has 0 bridgehead atoms. The summed E-state index contributed by atoms with van der Waals surface area (Å²) < 4.78 is 2.74. The molecule has 0 saturated carbocycles. The fourth-order valence-corrected chi connectivity index (χ4v) is 3.41. The van der Waals surface area contributed by atoms with E-state index < -0.39 is 0 Å². The molecule has 0 N–H and O–H groups in total. The number of rotatable bonds is 5. The van der Waals surface area contributed by atoms with Crippen molar-refractivity contribution in [3.05, 3.63) is 75.8 Å². The molecule has 0 aliphatic carbocycles. The Kier molecular flexibility index (Phi) is 5.75. The van der Waals surface area contributed by atoms with E-state index in [1.807, 2.05) is 49.4 Å². The van der Waals surface area contributed by atoms with Crippen molar-refractivity contribution in [3.63, 3.8) is 0 Å². The van der Waals surface area contributed by atoms with E-state index in [4.69, 9.17) is 0 Å². The van der Waals surface area contributed by atoms with Crippen molar-refractivity contribution in [1.82, 2.24) is 19.7 Å². The van der Waals surface area contributed by atoms with Gasteiger partial charge in [-0.1, -0.05) is 66.2 Å². The molecule has 0 saturated heterocycles.